The number of aliphatic hydroxyl groups excluding tert-OH is 1. The predicted octanol–water partition coefficient (Wildman–Crippen LogP) is 0.868. The fourth-order valence-corrected chi connectivity index (χ4v) is 0.814. The molecule has 0 fully saturated rings. The Bertz CT molecular complexity index is 111. The standard InChI is InChI=1S/C7H14O3/c1-3-6(8)5(2)4-7(9)10/h5-6,8H,3-4H2,1-2H3,(H,9,10). The molecule has 10 heavy (non-hydrogen) atoms. The van der Waals surface area contributed by atoms with Gasteiger partial charge in [-0.15, -0.1) is 0 Å². The van der Waals surface area contributed by atoms with Crippen LogP contribution >= 0.6 is 0 Å². The maximum Gasteiger partial charge on any atom is 0.303 e. The molecule has 0 bridgehead atoms. The van der Waals surface area contributed by atoms with E-state index >= 15 is 0 Å². The lowest BCUT2D eigenvalue weighted by atomic mass is 9.99. The van der Waals surface area contributed by atoms with E-state index in [1.165, 1.54) is 0 Å². The van der Waals surface area contributed by atoms with E-state index in [0.29, 0.717) is 6.42 Å². The summed E-state index contributed by atoms with van der Waals surface area (Å²) in [6, 6.07) is 0. The number of rotatable bonds is 4. The Kier molecular flexibility index (Phi) is 4.03. The van der Waals surface area contributed by atoms with Crippen molar-refractivity contribution < 1.29 is 15.0 Å². The van der Waals surface area contributed by atoms with Gasteiger partial charge in [-0.2, -0.15) is 0 Å². The predicted molar refractivity (Wildman–Crippen MR) is 37.7 cm³/mol. The second-order valence-electron chi connectivity index (χ2n) is 2.55. The summed E-state index contributed by atoms with van der Waals surface area (Å²) in [5.41, 5.74) is 0. The first-order chi connectivity index (χ1) is 4.57. The molecule has 0 radical (unpaired) electrons. The van der Waals surface area contributed by atoms with Gasteiger partial charge in [0.2, 0.25) is 0 Å². The average Bonchev–Trinajstić information content (AvgIpc) is 1.85. The summed E-state index contributed by atoms with van der Waals surface area (Å²) < 4.78 is 0. The summed E-state index contributed by atoms with van der Waals surface area (Å²) in [5.74, 6) is -0.984. The van der Waals surface area contributed by atoms with Crippen molar-refractivity contribution in [2.75, 3.05) is 0 Å². The molecule has 2 N–H and O–H groups in total. The Hall–Kier alpha value is -0.570. The monoisotopic (exact) mass is 146 g/mol. The van der Waals surface area contributed by atoms with Crippen LogP contribution in [-0.4, -0.2) is 22.3 Å². The van der Waals surface area contributed by atoms with E-state index in [4.69, 9.17) is 10.2 Å². The Balaban J connectivity index is 3.61. The molecule has 0 aromatic carbocycles. The van der Waals surface area contributed by atoms with Crippen LogP contribution in [0.5, 0.6) is 0 Å². The average molecular weight is 146 g/mol. The highest BCUT2D eigenvalue weighted by atomic mass is 16.4. The minimum atomic E-state index is -0.847. The zero-order chi connectivity index (χ0) is 8.15. The van der Waals surface area contributed by atoms with E-state index in [-0.39, 0.29) is 12.3 Å². The molecule has 0 aliphatic heterocycles. The molecule has 60 valence electrons. The molecule has 3 nitrogen and oxygen atoms in total. The number of carboxylic acid groups (broad SMARTS) is 1. The molecule has 0 rings (SSSR count). The van der Waals surface area contributed by atoms with Crippen molar-refractivity contribution in [1.29, 1.82) is 0 Å². The third kappa shape index (κ3) is 3.45. The van der Waals surface area contributed by atoms with Crippen LogP contribution < -0.4 is 0 Å². The van der Waals surface area contributed by atoms with Crippen LogP contribution in [0.2, 0.25) is 0 Å². The zero-order valence-electron chi connectivity index (χ0n) is 6.37. The van der Waals surface area contributed by atoms with Crippen LogP contribution in [0.15, 0.2) is 0 Å². The molecule has 0 aliphatic carbocycles. The van der Waals surface area contributed by atoms with Gasteiger partial charge in [0.1, 0.15) is 0 Å². The van der Waals surface area contributed by atoms with Crippen molar-refractivity contribution in [2.24, 2.45) is 5.92 Å². The lowest BCUT2D eigenvalue weighted by Gasteiger charge is -2.13. The van der Waals surface area contributed by atoms with Crippen molar-refractivity contribution in [3.8, 4) is 0 Å². The minimum absolute atomic E-state index is 0.0506. The van der Waals surface area contributed by atoms with Crippen LogP contribution in [0.25, 0.3) is 0 Å². The zero-order valence-corrected chi connectivity index (χ0v) is 6.37. The summed E-state index contributed by atoms with van der Waals surface area (Å²) in [6.07, 6.45) is 0.194. The lowest BCUT2D eigenvalue weighted by Crippen LogP contribution is -2.19. The van der Waals surface area contributed by atoms with Crippen molar-refractivity contribution in [1.82, 2.24) is 0 Å². The van der Waals surface area contributed by atoms with Crippen LogP contribution in [0, 0.1) is 5.92 Å². The van der Waals surface area contributed by atoms with Gasteiger partial charge in [0.15, 0.2) is 0 Å². The molecule has 0 aliphatic rings. The molecule has 0 saturated heterocycles. The number of carboxylic acids is 1. The van der Waals surface area contributed by atoms with Crippen LogP contribution in [0.1, 0.15) is 26.7 Å². The van der Waals surface area contributed by atoms with Gasteiger partial charge in [0, 0.05) is 0 Å². The molecule has 2 unspecified atom stereocenters. The first-order valence-electron chi connectivity index (χ1n) is 3.47. The van der Waals surface area contributed by atoms with Gasteiger partial charge in [0.25, 0.3) is 0 Å². The highest BCUT2D eigenvalue weighted by Gasteiger charge is 2.14. The lowest BCUT2D eigenvalue weighted by molar-refractivity contribution is -0.138. The molecule has 0 spiro atoms. The van der Waals surface area contributed by atoms with Gasteiger partial charge in [-0.1, -0.05) is 13.8 Å². The normalized spacial score (nSPS) is 16.3. The second kappa shape index (κ2) is 4.28. The maximum atomic E-state index is 10.1. The quantitative estimate of drug-likeness (QED) is 0.618. The molecule has 0 heterocycles. The minimum Gasteiger partial charge on any atom is -0.481 e. The molecule has 0 aromatic heterocycles. The van der Waals surface area contributed by atoms with Crippen molar-refractivity contribution >= 4 is 5.97 Å². The van der Waals surface area contributed by atoms with E-state index in [1.807, 2.05) is 6.92 Å². The summed E-state index contributed by atoms with van der Waals surface area (Å²) in [7, 11) is 0. The highest BCUT2D eigenvalue weighted by Crippen LogP contribution is 2.10. The fraction of sp³-hybridized carbons (Fsp3) is 0.857. The van der Waals surface area contributed by atoms with Gasteiger partial charge in [-0.05, 0) is 12.3 Å². The van der Waals surface area contributed by atoms with E-state index in [0.717, 1.165) is 0 Å². The smallest absolute Gasteiger partial charge is 0.303 e. The molecule has 3 heteroatoms. The van der Waals surface area contributed by atoms with E-state index in [2.05, 4.69) is 0 Å². The first-order valence-corrected chi connectivity index (χ1v) is 3.47. The third-order valence-electron chi connectivity index (χ3n) is 1.57. The van der Waals surface area contributed by atoms with Gasteiger partial charge in [-0.3, -0.25) is 4.79 Å². The summed E-state index contributed by atoms with van der Waals surface area (Å²) >= 11 is 0. The second-order valence-corrected chi connectivity index (χ2v) is 2.55. The number of aliphatic carboxylic acids is 1. The molecule has 0 aromatic rings. The fourth-order valence-electron chi connectivity index (χ4n) is 0.814. The van der Waals surface area contributed by atoms with E-state index in [9.17, 15) is 4.79 Å². The topological polar surface area (TPSA) is 57.5 Å². The van der Waals surface area contributed by atoms with Gasteiger partial charge < -0.3 is 10.2 Å². The molecule has 0 amide bonds. The molecular formula is C7H14O3. The Morgan fingerprint density at radius 3 is 2.40 bits per heavy atom. The molecule has 0 saturated carbocycles. The number of hydrogen-bond donors (Lipinski definition) is 2. The van der Waals surface area contributed by atoms with E-state index in [1.54, 1.807) is 6.92 Å². The van der Waals surface area contributed by atoms with Crippen molar-refractivity contribution in [3.63, 3.8) is 0 Å². The van der Waals surface area contributed by atoms with Crippen LogP contribution in [0.3, 0.4) is 0 Å². The van der Waals surface area contributed by atoms with Gasteiger partial charge >= 0.3 is 5.97 Å². The summed E-state index contributed by atoms with van der Waals surface area (Å²) in [4.78, 5) is 10.1. The number of carbonyl (C=O) groups is 1. The van der Waals surface area contributed by atoms with Crippen molar-refractivity contribution in [2.45, 2.75) is 32.8 Å². The largest absolute Gasteiger partial charge is 0.481 e. The van der Waals surface area contributed by atoms with Crippen LogP contribution in [0.4, 0.5) is 0 Å². The highest BCUT2D eigenvalue weighted by molar-refractivity contribution is 5.67. The first kappa shape index (κ1) is 9.43. The van der Waals surface area contributed by atoms with Gasteiger partial charge in [-0.25, -0.2) is 0 Å². The summed E-state index contributed by atoms with van der Waals surface area (Å²) in [6.45, 7) is 3.57. The third-order valence-corrected chi connectivity index (χ3v) is 1.57. The summed E-state index contributed by atoms with van der Waals surface area (Å²) in [5, 5.41) is 17.4. The van der Waals surface area contributed by atoms with Crippen molar-refractivity contribution in [3.05, 3.63) is 0 Å². The van der Waals surface area contributed by atoms with Gasteiger partial charge in [0.05, 0.1) is 12.5 Å². The number of aliphatic hydroxyl groups is 1. The maximum absolute atomic E-state index is 10.1. The Labute approximate surface area is 60.7 Å². The van der Waals surface area contributed by atoms with E-state index < -0.39 is 12.1 Å². The van der Waals surface area contributed by atoms with Crippen LogP contribution in [-0.2, 0) is 4.79 Å². The Morgan fingerprint density at radius 2 is 2.10 bits per heavy atom. The number of hydrogen-bond acceptors (Lipinski definition) is 2. The molecular weight excluding hydrogens is 132 g/mol. The Morgan fingerprint density at radius 1 is 1.60 bits per heavy atom. The SMILES string of the molecule is CCC(O)C(C)CC(=O)O. The molecule has 2 atom stereocenters.